The molecule has 0 unspecified atom stereocenters. The molecule has 0 radical (unpaired) electrons. The largest absolute Gasteiger partial charge is 0.495 e. The number of H-pyrrole nitrogens is 1. The number of benzene rings is 2. The van der Waals surface area contributed by atoms with Gasteiger partial charge in [0.25, 0.3) is 5.56 Å². The van der Waals surface area contributed by atoms with Crippen molar-refractivity contribution in [2.75, 3.05) is 7.11 Å². The van der Waals surface area contributed by atoms with Crippen molar-refractivity contribution in [1.29, 1.82) is 0 Å². The van der Waals surface area contributed by atoms with Crippen molar-refractivity contribution in [3.63, 3.8) is 0 Å². The maximum atomic E-state index is 12.1. The number of hydrogen-bond donors (Lipinski definition) is 1. The molecule has 0 bridgehead atoms. The zero-order valence-electron chi connectivity index (χ0n) is 10.4. The average molecular weight is 252 g/mol. The molecule has 0 aliphatic carbocycles. The lowest BCUT2D eigenvalue weighted by Crippen LogP contribution is -2.10. The van der Waals surface area contributed by atoms with Gasteiger partial charge in [-0.15, -0.1) is 0 Å². The van der Waals surface area contributed by atoms with Gasteiger partial charge < -0.3 is 9.72 Å². The molecular weight excluding hydrogens is 240 g/mol. The van der Waals surface area contributed by atoms with Gasteiger partial charge in [0.05, 0.1) is 18.0 Å². The second-order valence-electron chi connectivity index (χ2n) is 4.14. The third kappa shape index (κ3) is 1.97. The molecule has 0 aliphatic rings. The maximum absolute atomic E-state index is 12.1. The Labute approximate surface area is 109 Å². The van der Waals surface area contributed by atoms with E-state index in [1.807, 2.05) is 36.4 Å². The number of nitrogens with one attached hydrogen (secondary N) is 1. The molecule has 0 spiro atoms. The second-order valence-corrected chi connectivity index (χ2v) is 4.14. The fourth-order valence-electron chi connectivity index (χ4n) is 2.05. The van der Waals surface area contributed by atoms with Crippen LogP contribution in [0.1, 0.15) is 0 Å². The standard InChI is InChI=1S/C15H12N2O2/c1-19-12-9-5-8-11-13(12)16-14(17-15(11)18)10-6-3-2-4-7-10/h2-9H,1H3,(H,16,17,18). The number of aromatic amines is 1. The Bertz CT molecular complexity index is 779. The summed E-state index contributed by atoms with van der Waals surface area (Å²) >= 11 is 0. The topological polar surface area (TPSA) is 55.0 Å². The Kier molecular flexibility index (Phi) is 2.76. The smallest absolute Gasteiger partial charge is 0.281 e. The van der Waals surface area contributed by atoms with Crippen LogP contribution in [0.3, 0.4) is 0 Å². The molecule has 94 valence electrons. The van der Waals surface area contributed by atoms with Crippen LogP contribution in [0.15, 0.2) is 53.3 Å². The lowest BCUT2D eigenvalue weighted by atomic mass is 10.2. The summed E-state index contributed by atoms with van der Waals surface area (Å²) in [6.45, 7) is 0. The van der Waals surface area contributed by atoms with E-state index in [0.717, 1.165) is 5.56 Å². The van der Waals surface area contributed by atoms with Crippen LogP contribution in [-0.2, 0) is 0 Å². The monoisotopic (exact) mass is 252 g/mol. The third-order valence-corrected chi connectivity index (χ3v) is 2.98. The summed E-state index contributed by atoms with van der Waals surface area (Å²) in [6.07, 6.45) is 0. The Morgan fingerprint density at radius 3 is 2.58 bits per heavy atom. The lowest BCUT2D eigenvalue weighted by molar-refractivity contribution is 0.419. The molecule has 4 nitrogen and oxygen atoms in total. The van der Waals surface area contributed by atoms with Gasteiger partial charge in [0.15, 0.2) is 0 Å². The van der Waals surface area contributed by atoms with E-state index in [-0.39, 0.29) is 5.56 Å². The number of methoxy groups -OCH3 is 1. The van der Waals surface area contributed by atoms with Crippen molar-refractivity contribution < 1.29 is 4.74 Å². The number of fused-ring (bicyclic) bond motifs is 1. The number of rotatable bonds is 2. The highest BCUT2D eigenvalue weighted by Gasteiger charge is 2.08. The second kappa shape index (κ2) is 4.57. The molecule has 3 aromatic rings. The van der Waals surface area contributed by atoms with E-state index in [1.165, 1.54) is 0 Å². The van der Waals surface area contributed by atoms with E-state index in [1.54, 1.807) is 19.2 Å². The molecule has 3 rings (SSSR count). The first kappa shape index (κ1) is 11.5. The number of aromatic nitrogens is 2. The normalized spacial score (nSPS) is 10.6. The minimum Gasteiger partial charge on any atom is -0.495 e. The molecule has 0 atom stereocenters. The van der Waals surface area contributed by atoms with Crippen molar-refractivity contribution in [1.82, 2.24) is 9.97 Å². The minimum absolute atomic E-state index is 0.258. The molecule has 2 aromatic carbocycles. The highest BCUT2D eigenvalue weighted by atomic mass is 16.5. The van der Waals surface area contributed by atoms with Crippen LogP contribution in [-0.4, -0.2) is 17.1 Å². The van der Waals surface area contributed by atoms with E-state index in [9.17, 15) is 4.79 Å². The van der Waals surface area contributed by atoms with E-state index in [2.05, 4.69) is 9.97 Å². The van der Waals surface area contributed by atoms with Gasteiger partial charge in [0.2, 0.25) is 0 Å². The van der Waals surface area contributed by atoms with Crippen LogP contribution >= 0.6 is 0 Å². The van der Waals surface area contributed by atoms with Crippen molar-refractivity contribution in [2.24, 2.45) is 0 Å². The Hall–Kier alpha value is -2.62. The SMILES string of the molecule is COc1cccc2c(=O)nc(-c3ccccc3)[nH]c12. The van der Waals surface area contributed by atoms with Crippen LogP contribution in [0.2, 0.25) is 0 Å². The molecule has 4 heteroatoms. The van der Waals surface area contributed by atoms with Crippen molar-refractivity contribution in [3.8, 4) is 17.1 Å². The molecule has 0 saturated heterocycles. The van der Waals surface area contributed by atoms with Gasteiger partial charge >= 0.3 is 0 Å². The first-order chi connectivity index (χ1) is 9.29. The van der Waals surface area contributed by atoms with E-state index in [4.69, 9.17) is 4.74 Å². The quantitative estimate of drug-likeness (QED) is 0.762. The first-order valence-corrected chi connectivity index (χ1v) is 5.92. The van der Waals surface area contributed by atoms with Gasteiger partial charge in [-0.3, -0.25) is 4.79 Å². The number of ether oxygens (including phenoxy) is 1. The van der Waals surface area contributed by atoms with Gasteiger partial charge in [-0.25, -0.2) is 0 Å². The van der Waals surface area contributed by atoms with E-state index in [0.29, 0.717) is 22.5 Å². The molecule has 0 saturated carbocycles. The van der Waals surface area contributed by atoms with E-state index < -0.39 is 0 Å². The molecular formula is C15H12N2O2. The fraction of sp³-hybridized carbons (Fsp3) is 0.0667. The Balaban J connectivity index is 2.33. The van der Waals surface area contributed by atoms with Gasteiger partial charge in [0.1, 0.15) is 11.6 Å². The minimum atomic E-state index is -0.258. The van der Waals surface area contributed by atoms with Gasteiger partial charge in [0, 0.05) is 5.56 Å². The molecule has 1 aromatic heterocycles. The molecule has 0 amide bonds. The number of para-hydroxylation sites is 1. The third-order valence-electron chi connectivity index (χ3n) is 2.98. The summed E-state index contributed by atoms with van der Waals surface area (Å²) in [5, 5.41) is 0.527. The summed E-state index contributed by atoms with van der Waals surface area (Å²) < 4.78 is 5.28. The number of hydrogen-bond acceptors (Lipinski definition) is 3. The predicted octanol–water partition coefficient (Wildman–Crippen LogP) is 2.60. The maximum Gasteiger partial charge on any atom is 0.281 e. The van der Waals surface area contributed by atoms with Crippen LogP contribution in [0, 0.1) is 0 Å². The van der Waals surface area contributed by atoms with Crippen LogP contribution in [0.4, 0.5) is 0 Å². The van der Waals surface area contributed by atoms with Crippen molar-refractivity contribution >= 4 is 10.9 Å². The average Bonchev–Trinajstić information content (AvgIpc) is 2.47. The summed E-state index contributed by atoms with van der Waals surface area (Å²) in [7, 11) is 1.58. The molecule has 1 N–H and O–H groups in total. The molecule has 0 fully saturated rings. The first-order valence-electron chi connectivity index (χ1n) is 5.92. The highest BCUT2D eigenvalue weighted by molar-refractivity contribution is 5.85. The fourth-order valence-corrected chi connectivity index (χ4v) is 2.05. The van der Waals surface area contributed by atoms with E-state index >= 15 is 0 Å². The molecule has 1 heterocycles. The zero-order chi connectivity index (χ0) is 13.2. The predicted molar refractivity (Wildman–Crippen MR) is 74.4 cm³/mol. The highest BCUT2D eigenvalue weighted by Crippen LogP contribution is 2.23. The van der Waals surface area contributed by atoms with Crippen molar-refractivity contribution in [2.45, 2.75) is 0 Å². The van der Waals surface area contributed by atoms with Crippen LogP contribution in [0.25, 0.3) is 22.3 Å². The summed E-state index contributed by atoms with van der Waals surface area (Å²) in [4.78, 5) is 19.3. The van der Waals surface area contributed by atoms with Crippen LogP contribution < -0.4 is 10.3 Å². The number of nitrogens with zero attached hydrogens (tertiary/aromatic N) is 1. The molecule has 19 heavy (non-hydrogen) atoms. The van der Waals surface area contributed by atoms with Crippen LogP contribution in [0.5, 0.6) is 5.75 Å². The van der Waals surface area contributed by atoms with Gasteiger partial charge in [-0.1, -0.05) is 36.4 Å². The zero-order valence-corrected chi connectivity index (χ0v) is 10.4. The van der Waals surface area contributed by atoms with Gasteiger partial charge in [-0.05, 0) is 12.1 Å². The molecule has 0 aliphatic heterocycles. The lowest BCUT2D eigenvalue weighted by Gasteiger charge is -2.07. The Morgan fingerprint density at radius 1 is 1.05 bits per heavy atom. The summed E-state index contributed by atoms with van der Waals surface area (Å²) in [6, 6.07) is 14.9. The van der Waals surface area contributed by atoms with Crippen molar-refractivity contribution in [3.05, 3.63) is 58.9 Å². The summed E-state index contributed by atoms with van der Waals surface area (Å²) in [5.41, 5.74) is 1.28. The van der Waals surface area contributed by atoms with Gasteiger partial charge in [-0.2, -0.15) is 4.98 Å². The summed E-state index contributed by atoms with van der Waals surface area (Å²) in [5.74, 6) is 1.18. The Morgan fingerprint density at radius 2 is 1.84 bits per heavy atom.